The molecule has 0 unspecified atom stereocenters. The number of benzene rings is 2. The molecule has 0 radical (unpaired) electrons. The summed E-state index contributed by atoms with van der Waals surface area (Å²) in [6.07, 6.45) is 0.819. The number of hydrogen-bond acceptors (Lipinski definition) is 2. The van der Waals surface area contributed by atoms with Gasteiger partial charge < -0.3 is 0 Å². The summed E-state index contributed by atoms with van der Waals surface area (Å²) in [5.41, 5.74) is 4.42. The van der Waals surface area contributed by atoms with Crippen molar-refractivity contribution >= 4 is 23.1 Å². The molecule has 1 aliphatic heterocycles. The van der Waals surface area contributed by atoms with E-state index in [9.17, 15) is 0 Å². The Morgan fingerprint density at radius 1 is 1.04 bits per heavy atom. The van der Waals surface area contributed by atoms with Gasteiger partial charge in [0.05, 0.1) is 17.4 Å². The molecule has 3 nitrogen and oxygen atoms in total. The molecule has 2 aromatic carbocycles. The van der Waals surface area contributed by atoms with Gasteiger partial charge in [-0.2, -0.15) is 5.10 Å². The van der Waals surface area contributed by atoms with Gasteiger partial charge in [-0.15, -0.1) is 0 Å². The first-order chi connectivity index (χ1) is 11.2. The van der Waals surface area contributed by atoms with Gasteiger partial charge in [0.25, 0.3) is 0 Å². The van der Waals surface area contributed by atoms with Crippen molar-refractivity contribution in [2.24, 2.45) is 4.99 Å². The fourth-order valence-corrected chi connectivity index (χ4v) is 3.15. The first kappa shape index (κ1) is 14.2. The molecule has 0 fully saturated rings. The second-order valence-electron chi connectivity index (χ2n) is 5.78. The molecule has 0 amide bonds. The molecular formula is C19H16ClN3. The zero-order valence-electron chi connectivity index (χ0n) is 12.8. The van der Waals surface area contributed by atoms with E-state index in [0.29, 0.717) is 0 Å². The molecule has 3 aromatic rings. The third-order valence-corrected chi connectivity index (χ3v) is 4.38. The molecule has 2 heterocycles. The van der Waals surface area contributed by atoms with Crippen molar-refractivity contribution < 1.29 is 0 Å². The van der Waals surface area contributed by atoms with E-state index in [1.165, 1.54) is 5.56 Å². The summed E-state index contributed by atoms with van der Waals surface area (Å²) < 4.78 is 2.03. The van der Waals surface area contributed by atoms with Crippen molar-refractivity contribution in [3.05, 3.63) is 82.5 Å². The summed E-state index contributed by atoms with van der Waals surface area (Å²) in [5.74, 6) is 0.910. The van der Waals surface area contributed by atoms with Gasteiger partial charge in [-0.3, -0.25) is 0 Å². The van der Waals surface area contributed by atoms with E-state index in [0.717, 1.165) is 34.2 Å². The zero-order valence-corrected chi connectivity index (χ0v) is 13.5. The lowest BCUT2D eigenvalue weighted by Gasteiger charge is -2.24. The molecule has 1 atom stereocenters. The van der Waals surface area contributed by atoms with Crippen LogP contribution >= 0.6 is 11.6 Å². The number of rotatable bonds is 2. The van der Waals surface area contributed by atoms with Crippen LogP contribution in [0.25, 0.3) is 0 Å². The molecule has 23 heavy (non-hydrogen) atoms. The fourth-order valence-electron chi connectivity index (χ4n) is 3.03. The Morgan fingerprint density at radius 2 is 1.78 bits per heavy atom. The van der Waals surface area contributed by atoms with E-state index in [4.69, 9.17) is 16.6 Å². The molecular weight excluding hydrogens is 306 g/mol. The van der Waals surface area contributed by atoms with Crippen LogP contribution in [0.3, 0.4) is 0 Å². The zero-order chi connectivity index (χ0) is 15.8. The molecule has 1 aromatic heterocycles. The minimum absolute atomic E-state index is 0.170. The molecule has 114 valence electrons. The van der Waals surface area contributed by atoms with Gasteiger partial charge in [-0.25, -0.2) is 9.67 Å². The lowest BCUT2D eigenvalue weighted by atomic mass is 9.96. The van der Waals surface area contributed by atoms with Crippen molar-refractivity contribution in [3.8, 4) is 0 Å². The second kappa shape index (κ2) is 5.67. The van der Waals surface area contributed by atoms with Crippen molar-refractivity contribution in [2.75, 3.05) is 0 Å². The predicted octanol–water partition coefficient (Wildman–Crippen LogP) is 4.96. The summed E-state index contributed by atoms with van der Waals surface area (Å²) in [7, 11) is 0. The molecule has 4 heteroatoms. The standard InChI is InChI=1S/C19H16ClN3/c1-13-11-19-21-17(14-7-9-16(20)10-8-14)12-18(23(19)22-13)15-5-3-2-4-6-15/h2-11,18H,12H2,1H3/t18-/m1/s1. The third kappa shape index (κ3) is 2.68. The van der Waals surface area contributed by atoms with E-state index in [-0.39, 0.29) is 6.04 Å². The monoisotopic (exact) mass is 321 g/mol. The number of fused-ring (bicyclic) bond motifs is 1. The van der Waals surface area contributed by atoms with Crippen LogP contribution in [0.2, 0.25) is 5.02 Å². The predicted molar refractivity (Wildman–Crippen MR) is 93.8 cm³/mol. The van der Waals surface area contributed by atoms with Crippen molar-refractivity contribution in [1.29, 1.82) is 0 Å². The third-order valence-electron chi connectivity index (χ3n) is 4.13. The summed E-state index contributed by atoms with van der Waals surface area (Å²) in [6, 6.07) is 20.6. The van der Waals surface area contributed by atoms with Crippen LogP contribution in [0.1, 0.15) is 29.3 Å². The molecule has 0 bridgehead atoms. The smallest absolute Gasteiger partial charge is 0.151 e. The van der Waals surface area contributed by atoms with Gasteiger partial charge in [0.1, 0.15) is 0 Å². The van der Waals surface area contributed by atoms with E-state index < -0.39 is 0 Å². The lowest BCUT2D eigenvalue weighted by Crippen LogP contribution is -2.21. The minimum Gasteiger partial charge on any atom is -0.240 e. The summed E-state index contributed by atoms with van der Waals surface area (Å²) in [6.45, 7) is 2.00. The Hall–Kier alpha value is -2.39. The van der Waals surface area contributed by atoms with Crippen LogP contribution in [-0.2, 0) is 0 Å². The van der Waals surface area contributed by atoms with Crippen molar-refractivity contribution in [3.63, 3.8) is 0 Å². The van der Waals surface area contributed by atoms with E-state index in [1.54, 1.807) is 0 Å². The van der Waals surface area contributed by atoms with Gasteiger partial charge in [0, 0.05) is 17.5 Å². The molecule has 1 aliphatic rings. The second-order valence-corrected chi connectivity index (χ2v) is 6.22. The molecule has 0 saturated carbocycles. The molecule has 0 N–H and O–H groups in total. The van der Waals surface area contributed by atoms with Gasteiger partial charge in [-0.05, 0) is 30.2 Å². The van der Waals surface area contributed by atoms with Crippen LogP contribution in [0, 0.1) is 6.92 Å². The number of nitrogens with zero attached hydrogens (tertiary/aromatic N) is 3. The van der Waals surface area contributed by atoms with Gasteiger partial charge >= 0.3 is 0 Å². The highest BCUT2D eigenvalue weighted by Crippen LogP contribution is 2.34. The SMILES string of the molecule is Cc1cc2n(n1)[C@@H](c1ccccc1)CC(c1ccc(Cl)cc1)=N2. The molecule has 0 aliphatic carbocycles. The first-order valence-electron chi connectivity index (χ1n) is 7.65. The number of aryl methyl sites for hydroxylation is 1. The van der Waals surface area contributed by atoms with Crippen molar-refractivity contribution in [2.45, 2.75) is 19.4 Å². The Morgan fingerprint density at radius 3 is 2.52 bits per heavy atom. The highest BCUT2D eigenvalue weighted by atomic mass is 35.5. The number of aromatic nitrogens is 2. The van der Waals surface area contributed by atoms with Crippen LogP contribution in [0.15, 0.2) is 65.7 Å². The van der Waals surface area contributed by atoms with Gasteiger partial charge in [0.2, 0.25) is 0 Å². The summed E-state index contributed by atoms with van der Waals surface area (Å²) in [4.78, 5) is 4.82. The Bertz CT molecular complexity index is 863. The van der Waals surface area contributed by atoms with Crippen LogP contribution in [0.4, 0.5) is 5.82 Å². The van der Waals surface area contributed by atoms with E-state index in [2.05, 4.69) is 29.4 Å². The quantitative estimate of drug-likeness (QED) is 0.656. The van der Waals surface area contributed by atoms with E-state index in [1.807, 2.05) is 48.0 Å². The topological polar surface area (TPSA) is 30.2 Å². The van der Waals surface area contributed by atoms with Gasteiger partial charge in [0.15, 0.2) is 5.82 Å². The average molecular weight is 322 g/mol. The number of aliphatic imine (C=N–C) groups is 1. The minimum atomic E-state index is 0.170. The first-order valence-corrected chi connectivity index (χ1v) is 8.03. The maximum Gasteiger partial charge on any atom is 0.151 e. The van der Waals surface area contributed by atoms with Crippen LogP contribution in [0.5, 0.6) is 0 Å². The highest BCUT2D eigenvalue weighted by Gasteiger charge is 2.25. The normalized spacial score (nSPS) is 16.8. The van der Waals surface area contributed by atoms with Gasteiger partial charge in [-0.1, -0.05) is 54.1 Å². The average Bonchev–Trinajstić information content (AvgIpc) is 2.95. The van der Waals surface area contributed by atoms with E-state index >= 15 is 0 Å². The van der Waals surface area contributed by atoms with Crippen molar-refractivity contribution in [1.82, 2.24) is 9.78 Å². The molecule has 0 spiro atoms. The molecule has 0 saturated heterocycles. The Balaban J connectivity index is 1.81. The fraction of sp³-hybridized carbons (Fsp3) is 0.158. The summed E-state index contributed by atoms with van der Waals surface area (Å²) >= 11 is 6.01. The van der Waals surface area contributed by atoms with Crippen LogP contribution in [-0.4, -0.2) is 15.5 Å². The maximum absolute atomic E-state index is 6.01. The molecule has 4 rings (SSSR count). The summed E-state index contributed by atoms with van der Waals surface area (Å²) in [5, 5.41) is 5.38. The largest absolute Gasteiger partial charge is 0.240 e. The Labute approximate surface area is 140 Å². The number of hydrogen-bond donors (Lipinski definition) is 0. The highest BCUT2D eigenvalue weighted by molar-refractivity contribution is 6.30. The number of halogens is 1. The lowest BCUT2D eigenvalue weighted by molar-refractivity contribution is 0.529. The van der Waals surface area contributed by atoms with Crippen LogP contribution < -0.4 is 0 Å². The Kier molecular flexibility index (Phi) is 3.50. The maximum atomic E-state index is 6.01.